The third-order valence-electron chi connectivity index (χ3n) is 2.34. The van der Waals surface area contributed by atoms with Crippen LogP contribution in [0.15, 0.2) is 6.20 Å². The van der Waals surface area contributed by atoms with Gasteiger partial charge in [-0.1, -0.05) is 0 Å². The third kappa shape index (κ3) is 1.62. The molecule has 1 aromatic heterocycles. The van der Waals surface area contributed by atoms with Gasteiger partial charge < -0.3 is 10.6 Å². The summed E-state index contributed by atoms with van der Waals surface area (Å²) in [7, 11) is 0. The van der Waals surface area contributed by atoms with Crippen molar-refractivity contribution in [2.75, 3.05) is 17.2 Å². The fourth-order valence-corrected chi connectivity index (χ4v) is 1.46. The molecular weight excluding hydrogens is 183 g/mol. The average Bonchev–Trinajstić information content (AvgIpc) is 2.96. The van der Waals surface area contributed by atoms with Gasteiger partial charge >= 0.3 is 0 Å². The summed E-state index contributed by atoms with van der Waals surface area (Å²) in [5, 5.41) is 0. The number of nitrogen functional groups attached to an aromatic ring is 1. The van der Waals surface area contributed by atoms with Gasteiger partial charge in [0.05, 0.1) is 6.20 Å². The molecule has 14 heavy (non-hydrogen) atoms. The summed E-state index contributed by atoms with van der Waals surface area (Å²) in [5.74, 6) is -0.0939. The van der Waals surface area contributed by atoms with Gasteiger partial charge in [-0.05, 0) is 19.8 Å². The zero-order chi connectivity index (χ0) is 10.1. The maximum absolute atomic E-state index is 12.8. The van der Waals surface area contributed by atoms with Crippen LogP contribution in [0.2, 0.25) is 0 Å². The minimum Gasteiger partial charge on any atom is -0.381 e. The molecule has 1 aromatic rings. The summed E-state index contributed by atoms with van der Waals surface area (Å²) in [6.45, 7) is 2.86. The second-order valence-corrected chi connectivity index (χ2v) is 3.42. The second-order valence-electron chi connectivity index (χ2n) is 3.42. The fraction of sp³-hybridized carbons (Fsp3) is 0.556. The molecule has 76 valence electrons. The first-order valence-electron chi connectivity index (χ1n) is 4.77. The molecule has 0 unspecified atom stereocenters. The third-order valence-corrected chi connectivity index (χ3v) is 2.34. The molecule has 1 saturated carbocycles. The van der Waals surface area contributed by atoms with Crippen LogP contribution in [-0.2, 0) is 0 Å². The fourth-order valence-electron chi connectivity index (χ4n) is 1.46. The Morgan fingerprint density at radius 3 is 2.86 bits per heavy atom. The molecule has 0 aliphatic heterocycles. The monoisotopic (exact) mass is 196 g/mol. The zero-order valence-corrected chi connectivity index (χ0v) is 8.07. The Morgan fingerprint density at radius 1 is 1.64 bits per heavy atom. The first-order chi connectivity index (χ1) is 6.72. The number of nitrogens with zero attached hydrogens (tertiary/aromatic N) is 3. The molecule has 0 radical (unpaired) electrons. The van der Waals surface area contributed by atoms with Crippen molar-refractivity contribution in [1.82, 2.24) is 9.97 Å². The van der Waals surface area contributed by atoms with E-state index in [0.717, 1.165) is 25.6 Å². The van der Waals surface area contributed by atoms with Gasteiger partial charge in [-0.3, -0.25) is 0 Å². The van der Waals surface area contributed by atoms with Crippen molar-refractivity contribution in [3.8, 4) is 0 Å². The van der Waals surface area contributed by atoms with Crippen LogP contribution in [0.3, 0.4) is 0 Å². The first kappa shape index (κ1) is 9.18. The van der Waals surface area contributed by atoms with E-state index >= 15 is 0 Å². The number of aromatic nitrogens is 2. The Bertz CT molecular complexity index is 338. The SMILES string of the molecule is CCN(c1ncc(F)c(N)n1)C1CC1. The Balaban J connectivity index is 2.25. The number of nitrogens with two attached hydrogens (primary N) is 1. The molecule has 1 fully saturated rings. The van der Waals surface area contributed by atoms with E-state index in [1.165, 1.54) is 0 Å². The lowest BCUT2D eigenvalue weighted by Crippen LogP contribution is -2.27. The highest BCUT2D eigenvalue weighted by molar-refractivity contribution is 5.40. The summed E-state index contributed by atoms with van der Waals surface area (Å²) in [4.78, 5) is 9.91. The molecule has 4 nitrogen and oxygen atoms in total. The molecule has 5 heteroatoms. The van der Waals surface area contributed by atoms with Crippen LogP contribution in [0.1, 0.15) is 19.8 Å². The van der Waals surface area contributed by atoms with Gasteiger partial charge in [0.1, 0.15) is 0 Å². The van der Waals surface area contributed by atoms with E-state index in [2.05, 4.69) is 14.9 Å². The minimum absolute atomic E-state index is 0.0749. The zero-order valence-electron chi connectivity index (χ0n) is 8.07. The van der Waals surface area contributed by atoms with Crippen LogP contribution in [0.5, 0.6) is 0 Å². The summed E-state index contributed by atoms with van der Waals surface area (Å²) in [6.07, 6.45) is 3.45. The quantitative estimate of drug-likeness (QED) is 0.788. The molecule has 1 aliphatic rings. The smallest absolute Gasteiger partial charge is 0.227 e. The van der Waals surface area contributed by atoms with E-state index in [1.807, 2.05) is 6.92 Å². The highest BCUT2D eigenvalue weighted by atomic mass is 19.1. The maximum Gasteiger partial charge on any atom is 0.227 e. The van der Waals surface area contributed by atoms with E-state index in [4.69, 9.17) is 5.73 Å². The molecule has 0 bridgehead atoms. The minimum atomic E-state index is -0.555. The molecule has 0 spiro atoms. The Morgan fingerprint density at radius 2 is 2.36 bits per heavy atom. The first-order valence-corrected chi connectivity index (χ1v) is 4.77. The van der Waals surface area contributed by atoms with Crippen LogP contribution >= 0.6 is 0 Å². The summed E-state index contributed by atoms with van der Waals surface area (Å²) in [5.41, 5.74) is 5.38. The lowest BCUT2D eigenvalue weighted by Gasteiger charge is -2.19. The van der Waals surface area contributed by atoms with E-state index in [-0.39, 0.29) is 5.82 Å². The predicted molar refractivity (Wildman–Crippen MR) is 52.4 cm³/mol. The number of rotatable bonds is 3. The van der Waals surface area contributed by atoms with Gasteiger partial charge in [0.2, 0.25) is 5.95 Å². The molecule has 2 rings (SSSR count). The molecular formula is C9H13FN4. The standard InChI is InChI=1S/C9H13FN4/c1-2-14(6-3-4-6)9-12-5-7(10)8(11)13-9/h5-6H,2-4H2,1H3,(H2,11,12,13). The lowest BCUT2D eigenvalue weighted by molar-refractivity contribution is 0.617. The van der Waals surface area contributed by atoms with Crippen LogP contribution in [0.4, 0.5) is 16.2 Å². The van der Waals surface area contributed by atoms with Crippen LogP contribution in [0, 0.1) is 5.82 Å². The van der Waals surface area contributed by atoms with E-state index in [0.29, 0.717) is 12.0 Å². The molecule has 2 N–H and O–H groups in total. The van der Waals surface area contributed by atoms with Crippen molar-refractivity contribution >= 4 is 11.8 Å². The number of halogens is 1. The van der Waals surface area contributed by atoms with E-state index in [9.17, 15) is 4.39 Å². The average molecular weight is 196 g/mol. The van der Waals surface area contributed by atoms with Gasteiger partial charge in [0, 0.05) is 12.6 Å². The van der Waals surface area contributed by atoms with Crippen molar-refractivity contribution in [2.24, 2.45) is 0 Å². The largest absolute Gasteiger partial charge is 0.381 e. The van der Waals surface area contributed by atoms with Crippen LogP contribution in [0.25, 0.3) is 0 Å². The number of hydrogen-bond acceptors (Lipinski definition) is 4. The van der Waals surface area contributed by atoms with Crippen molar-refractivity contribution in [1.29, 1.82) is 0 Å². The van der Waals surface area contributed by atoms with Crippen molar-refractivity contribution in [3.05, 3.63) is 12.0 Å². The second kappa shape index (κ2) is 3.40. The molecule has 1 heterocycles. The van der Waals surface area contributed by atoms with Crippen molar-refractivity contribution in [3.63, 3.8) is 0 Å². The van der Waals surface area contributed by atoms with Crippen LogP contribution < -0.4 is 10.6 Å². The van der Waals surface area contributed by atoms with Gasteiger partial charge in [-0.25, -0.2) is 9.37 Å². The molecule has 0 aromatic carbocycles. The van der Waals surface area contributed by atoms with Crippen molar-refractivity contribution in [2.45, 2.75) is 25.8 Å². The Hall–Kier alpha value is -1.39. The Kier molecular flexibility index (Phi) is 2.23. The molecule has 0 amide bonds. The molecule has 0 saturated heterocycles. The number of hydrogen-bond donors (Lipinski definition) is 1. The number of anilines is 2. The highest BCUT2D eigenvalue weighted by Crippen LogP contribution is 2.29. The maximum atomic E-state index is 12.8. The van der Waals surface area contributed by atoms with E-state index < -0.39 is 5.82 Å². The summed E-state index contributed by atoms with van der Waals surface area (Å²) < 4.78 is 12.8. The lowest BCUT2D eigenvalue weighted by atomic mass is 10.5. The van der Waals surface area contributed by atoms with Gasteiger partial charge in [0.25, 0.3) is 0 Å². The Labute approximate surface area is 82.0 Å². The van der Waals surface area contributed by atoms with Crippen LogP contribution in [-0.4, -0.2) is 22.6 Å². The molecule has 0 atom stereocenters. The van der Waals surface area contributed by atoms with E-state index in [1.54, 1.807) is 0 Å². The topological polar surface area (TPSA) is 55.0 Å². The highest BCUT2D eigenvalue weighted by Gasteiger charge is 2.29. The molecule has 1 aliphatic carbocycles. The van der Waals surface area contributed by atoms with Gasteiger partial charge in [-0.15, -0.1) is 0 Å². The van der Waals surface area contributed by atoms with Gasteiger partial charge in [-0.2, -0.15) is 4.98 Å². The van der Waals surface area contributed by atoms with Crippen molar-refractivity contribution < 1.29 is 4.39 Å². The predicted octanol–water partition coefficient (Wildman–Crippen LogP) is 1.19. The normalized spacial score (nSPS) is 15.6. The van der Waals surface area contributed by atoms with Gasteiger partial charge in [0.15, 0.2) is 11.6 Å². The summed E-state index contributed by atoms with van der Waals surface area (Å²) in [6, 6.07) is 0.518. The summed E-state index contributed by atoms with van der Waals surface area (Å²) >= 11 is 0.